The Balaban J connectivity index is 1.95. The molecule has 29 heavy (non-hydrogen) atoms. The Kier molecular flexibility index (Phi) is 6.83. The van der Waals surface area contributed by atoms with Crippen LogP contribution in [-0.4, -0.2) is 31.6 Å². The van der Waals surface area contributed by atoms with E-state index in [1.165, 1.54) is 0 Å². The van der Waals surface area contributed by atoms with Crippen molar-refractivity contribution in [2.45, 2.75) is 26.3 Å². The minimum atomic E-state index is -3.22. The Hall–Kier alpha value is -1.67. The fourth-order valence-corrected chi connectivity index (χ4v) is 4.82. The van der Waals surface area contributed by atoms with Gasteiger partial charge in [-0.3, -0.25) is 4.79 Å². The lowest BCUT2D eigenvalue weighted by Gasteiger charge is -2.10. The smallest absolute Gasteiger partial charge is 0.208 e. The summed E-state index contributed by atoms with van der Waals surface area (Å²) in [6.07, 6.45) is 1.98. The number of aryl methyl sites for hydroxylation is 1. The minimum absolute atomic E-state index is 0.00621. The molecule has 8 heteroatoms. The number of sulfonamides is 1. The Morgan fingerprint density at radius 2 is 1.90 bits per heavy atom. The molecule has 3 rings (SSSR count). The number of hydrogen-bond donors (Lipinski definition) is 1. The lowest BCUT2D eigenvalue weighted by molar-refractivity contribution is 0.0993. The predicted octanol–water partition coefficient (Wildman–Crippen LogP) is 4.73. The Bertz CT molecular complexity index is 1170. The number of carbonyl (C=O) groups excluding carboxylic acids is 1. The molecule has 2 aromatic carbocycles. The van der Waals surface area contributed by atoms with Crippen LogP contribution < -0.4 is 4.72 Å². The topological polar surface area (TPSA) is 68.2 Å². The van der Waals surface area contributed by atoms with Crippen LogP contribution in [0.25, 0.3) is 10.9 Å². The van der Waals surface area contributed by atoms with E-state index in [2.05, 4.69) is 25.2 Å². The van der Waals surface area contributed by atoms with E-state index in [1.54, 1.807) is 6.07 Å². The van der Waals surface area contributed by atoms with Crippen LogP contribution in [0.4, 0.5) is 0 Å². The average Bonchev–Trinajstić information content (AvgIpc) is 2.93. The average molecular weight is 498 g/mol. The zero-order chi connectivity index (χ0) is 21.2. The number of Topliss-reactive ketones (excluding diaryl/α,β-unsaturated/α-hetero) is 1. The monoisotopic (exact) mass is 496 g/mol. The molecule has 0 aliphatic heterocycles. The zero-order valence-corrected chi connectivity index (χ0v) is 19.4. The van der Waals surface area contributed by atoms with Crippen molar-refractivity contribution in [3.05, 3.63) is 68.8 Å². The molecule has 0 radical (unpaired) electrons. The molecule has 0 unspecified atom stereocenters. The number of rotatable bonds is 8. The van der Waals surface area contributed by atoms with Gasteiger partial charge in [0, 0.05) is 45.6 Å². The second-order valence-electron chi connectivity index (χ2n) is 6.96. The second-order valence-corrected chi connectivity index (χ2v) is 10.1. The summed E-state index contributed by atoms with van der Waals surface area (Å²) in [6, 6.07) is 13.2. The van der Waals surface area contributed by atoms with Crippen LogP contribution in [0, 0.1) is 6.92 Å². The summed E-state index contributed by atoms with van der Waals surface area (Å²) >= 11 is 9.84. The van der Waals surface area contributed by atoms with Crippen LogP contribution in [0.3, 0.4) is 0 Å². The molecule has 1 aromatic heterocycles. The fraction of sp³-hybridized carbons (Fsp3) is 0.286. The van der Waals surface area contributed by atoms with Crippen molar-refractivity contribution in [1.29, 1.82) is 0 Å². The number of nitrogens with one attached hydrogen (secondary N) is 1. The second kappa shape index (κ2) is 9.00. The van der Waals surface area contributed by atoms with Crippen LogP contribution in [0.5, 0.6) is 0 Å². The summed E-state index contributed by atoms with van der Waals surface area (Å²) in [5.74, 6) is 0.00621. The highest BCUT2D eigenvalue weighted by molar-refractivity contribution is 9.10. The molecule has 0 fully saturated rings. The molecule has 0 spiro atoms. The summed E-state index contributed by atoms with van der Waals surface area (Å²) in [7, 11) is -3.22. The van der Waals surface area contributed by atoms with Gasteiger partial charge in [0.2, 0.25) is 10.0 Å². The standard InChI is InChI=1S/C21H22BrClN2O3S/c1-14-20(19(26)13-15-7-3-4-10-18(15)23)16-8-5-9-17(22)21(16)25(14)12-6-11-24-29(2,27)28/h3-5,7-10,24H,6,11-13H2,1-2H3. The van der Waals surface area contributed by atoms with Crippen molar-refractivity contribution < 1.29 is 13.2 Å². The maximum absolute atomic E-state index is 13.2. The van der Waals surface area contributed by atoms with Gasteiger partial charge in [-0.15, -0.1) is 0 Å². The Labute approximate surface area is 184 Å². The molecule has 0 aliphatic rings. The van der Waals surface area contributed by atoms with Gasteiger partial charge in [-0.1, -0.05) is 41.9 Å². The van der Waals surface area contributed by atoms with E-state index in [9.17, 15) is 13.2 Å². The third kappa shape index (κ3) is 5.09. The summed E-state index contributed by atoms with van der Waals surface area (Å²) in [6.45, 7) is 2.86. The van der Waals surface area contributed by atoms with Crippen molar-refractivity contribution in [2.75, 3.05) is 12.8 Å². The zero-order valence-electron chi connectivity index (χ0n) is 16.2. The van der Waals surface area contributed by atoms with Crippen LogP contribution in [0.1, 0.15) is 28.0 Å². The molecular weight excluding hydrogens is 476 g/mol. The maximum Gasteiger partial charge on any atom is 0.208 e. The fourth-order valence-electron chi connectivity index (χ4n) is 3.52. The van der Waals surface area contributed by atoms with Gasteiger partial charge in [0.15, 0.2) is 5.78 Å². The van der Waals surface area contributed by atoms with Crippen molar-refractivity contribution in [1.82, 2.24) is 9.29 Å². The van der Waals surface area contributed by atoms with E-state index < -0.39 is 10.0 Å². The molecule has 154 valence electrons. The highest BCUT2D eigenvalue weighted by Gasteiger charge is 2.22. The number of hydrogen-bond acceptors (Lipinski definition) is 3. The van der Waals surface area contributed by atoms with E-state index >= 15 is 0 Å². The summed E-state index contributed by atoms with van der Waals surface area (Å²) in [5, 5.41) is 1.46. The number of ketones is 1. The van der Waals surface area contributed by atoms with Gasteiger partial charge in [-0.2, -0.15) is 0 Å². The van der Waals surface area contributed by atoms with Gasteiger partial charge in [-0.25, -0.2) is 13.1 Å². The SMILES string of the molecule is Cc1c(C(=O)Cc2ccccc2Cl)c2cccc(Br)c2n1CCCNS(C)(=O)=O. The van der Waals surface area contributed by atoms with Gasteiger partial charge in [0.1, 0.15) is 0 Å². The third-order valence-corrected chi connectivity index (χ3v) is 6.54. The Morgan fingerprint density at radius 3 is 2.59 bits per heavy atom. The number of para-hydroxylation sites is 1. The summed E-state index contributed by atoms with van der Waals surface area (Å²) < 4.78 is 28.1. The van der Waals surface area contributed by atoms with Gasteiger partial charge in [0.25, 0.3) is 0 Å². The predicted molar refractivity (Wildman–Crippen MR) is 121 cm³/mol. The summed E-state index contributed by atoms with van der Waals surface area (Å²) in [5.41, 5.74) is 3.28. The quantitative estimate of drug-likeness (QED) is 0.361. The first-order valence-electron chi connectivity index (χ1n) is 9.17. The lowest BCUT2D eigenvalue weighted by atomic mass is 10.0. The van der Waals surface area contributed by atoms with Gasteiger partial charge in [0.05, 0.1) is 11.8 Å². The highest BCUT2D eigenvalue weighted by atomic mass is 79.9. The van der Waals surface area contributed by atoms with Crippen LogP contribution in [0.2, 0.25) is 5.02 Å². The van der Waals surface area contributed by atoms with Crippen LogP contribution >= 0.6 is 27.5 Å². The van der Waals surface area contributed by atoms with Crippen molar-refractivity contribution >= 4 is 54.2 Å². The molecule has 0 amide bonds. The lowest BCUT2D eigenvalue weighted by Crippen LogP contribution is -2.24. The maximum atomic E-state index is 13.2. The van der Waals surface area contributed by atoms with E-state index in [0.717, 1.165) is 32.9 Å². The molecule has 1 heterocycles. The van der Waals surface area contributed by atoms with Crippen molar-refractivity contribution in [2.24, 2.45) is 0 Å². The Morgan fingerprint density at radius 1 is 1.17 bits per heavy atom. The van der Waals surface area contributed by atoms with Crippen LogP contribution in [-0.2, 0) is 23.0 Å². The number of aromatic nitrogens is 1. The first-order valence-corrected chi connectivity index (χ1v) is 12.2. The normalized spacial score (nSPS) is 11.9. The van der Waals surface area contributed by atoms with Gasteiger partial charge >= 0.3 is 0 Å². The molecule has 0 saturated heterocycles. The van der Waals surface area contributed by atoms with Crippen LogP contribution in [0.15, 0.2) is 46.9 Å². The molecule has 1 N–H and O–H groups in total. The van der Waals surface area contributed by atoms with Crippen molar-refractivity contribution in [3.8, 4) is 0 Å². The highest BCUT2D eigenvalue weighted by Crippen LogP contribution is 2.33. The number of fused-ring (bicyclic) bond motifs is 1. The molecular formula is C21H22BrClN2O3S. The summed E-state index contributed by atoms with van der Waals surface area (Å²) in [4.78, 5) is 13.2. The third-order valence-electron chi connectivity index (χ3n) is 4.80. The minimum Gasteiger partial charge on any atom is -0.343 e. The molecule has 0 atom stereocenters. The van der Waals surface area contributed by atoms with Crippen molar-refractivity contribution in [3.63, 3.8) is 0 Å². The first-order chi connectivity index (χ1) is 13.7. The first kappa shape index (κ1) is 22.0. The number of halogens is 2. The van der Waals surface area contributed by atoms with Gasteiger partial charge < -0.3 is 4.57 Å². The largest absolute Gasteiger partial charge is 0.343 e. The van der Waals surface area contributed by atoms with E-state index in [1.807, 2.05) is 43.3 Å². The number of nitrogens with zero attached hydrogens (tertiary/aromatic N) is 1. The molecule has 0 bridgehead atoms. The van der Waals surface area contributed by atoms with E-state index in [-0.39, 0.29) is 12.2 Å². The molecule has 3 aromatic rings. The van der Waals surface area contributed by atoms with Gasteiger partial charge in [-0.05, 0) is 47.0 Å². The molecule has 0 saturated carbocycles. The number of carbonyl (C=O) groups is 1. The van der Waals surface area contributed by atoms with E-state index in [0.29, 0.717) is 30.1 Å². The number of benzene rings is 2. The molecule has 5 nitrogen and oxygen atoms in total. The molecule has 0 aliphatic carbocycles. The van der Waals surface area contributed by atoms with E-state index in [4.69, 9.17) is 11.6 Å².